The van der Waals surface area contributed by atoms with Crippen LogP contribution in [0.4, 0.5) is 0 Å². The summed E-state index contributed by atoms with van der Waals surface area (Å²) in [7, 11) is 0. The molecule has 4 rings (SSSR count). The fraction of sp³-hybridized carbons (Fsp3) is 0.273. The van der Waals surface area contributed by atoms with Gasteiger partial charge in [0.15, 0.2) is 11.7 Å². The van der Waals surface area contributed by atoms with E-state index in [4.69, 9.17) is 16.0 Å². The van der Waals surface area contributed by atoms with Gasteiger partial charge in [0.25, 0.3) is 0 Å². The van der Waals surface area contributed by atoms with E-state index >= 15 is 0 Å². The minimum atomic E-state index is -0.0561. The molecule has 0 aliphatic carbocycles. The molecule has 5 nitrogen and oxygen atoms in total. The maximum absolute atomic E-state index is 12.9. The normalized spacial score (nSPS) is 16.9. The summed E-state index contributed by atoms with van der Waals surface area (Å²) >= 11 is 6.37. The molecule has 28 heavy (non-hydrogen) atoms. The fourth-order valence-electron chi connectivity index (χ4n) is 3.55. The maximum atomic E-state index is 12.9. The average Bonchev–Trinajstić information content (AvgIpc) is 3.22. The summed E-state index contributed by atoms with van der Waals surface area (Å²) in [6.45, 7) is 2.14. The van der Waals surface area contributed by atoms with Gasteiger partial charge in [0.2, 0.25) is 5.91 Å². The molecule has 0 saturated carbocycles. The topological polar surface area (TPSA) is 58.4 Å². The lowest BCUT2D eigenvalue weighted by Crippen LogP contribution is -2.48. The van der Waals surface area contributed by atoms with E-state index in [0.717, 1.165) is 23.4 Å². The predicted molar refractivity (Wildman–Crippen MR) is 109 cm³/mol. The molecule has 2 aromatic carbocycles. The Morgan fingerprint density at radius 1 is 1.18 bits per heavy atom. The highest BCUT2D eigenvalue weighted by Crippen LogP contribution is 2.29. The lowest BCUT2D eigenvalue weighted by molar-refractivity contribution is -0.134. The Morgan fingerprint density at radius 2 is 1.96 bits per heavy atom. The number of halogens is 1. The van der Waals surface area contributed by atoms with Crippen molar-refractivity contribution >= 4 is 17.5 Å². The van der Waals surface area contributed by atoms with Crippen molar-refractivity contribution in [3.05, 3.63) is 77.3 Å². The van der Waals surface area contributed by atoms with Crippen LogP contribution in [0.25, 0.3) is 11.3 Å². The Labute approximate surface area is 169 Å². The van der Waals surface area contributed by atoms with Crippen LogP contribution in [0.3, 0.4) is 0 Å². The number of benzene rings is 2. The Bertz CT molecular complexity index is 942. The molecule has 1 atom stereocenters. The van der Waals surface area contributed by atoms with Crippen LogP contribution < -0.4 is 5.32 Å². The summed E-state index contributed by atoms with van der Waals surface area (Å²) in [5.74, 6) is 1.39. The van der Waals surface area contributed by atoms with Crippen LogP contribution in [0.15, 0.2) is 65.2 Å². The highest BCUT2D eigenvalue weighted by molar-refractivity contribution is 6.31. The third-order valence-corrected chi connectivity index (χ3v) is 5.34. The molecule has 144 valence electrons. The maximum Gasteiger partial charge on any atom is 0.223 e. The van der Waals surface area contributed by atoms with Gasteiger partial charge >= 0.3 is 0 Å². The summed E-state index contributed by atoms with van der Waals surface area (Å²) in [6.07, 6.45) is 2.55. The van der Waals surface area contributed by atoms with E-state index in [1.807, 2.05) is 59.5 Å². The Hall–Kier alpha value is -2.63. The standard InChI is InChI=1S/C22H22ClN3O2/c23-18-9-5-4-8-17(18)19-14-24-12-13-26(19)22(27)11-10-21-25-15-20(28-21)16-6-2-1-3-7-16/h1-9,15,19,24H,10-14H2. The second-order valence-electron chi connectivity index (χ2n) is 6.81. The van der Waals surface area contributed by atoms with Crippen molar-refractivity contribution in [2.45, 2.75) is 18.9 Å². The van der Waals surface area contributed by atoms with Crippen LogP contribution >= 0.6 is 11.6 Å². The van der Waals surface area contributed by atoms with Crippen molar-refractivity contribution in [1.82, 2.24) is 15.2 Å². The smallest absolute Gasteiger partial charge is 0.223 e. The molecule has 1 aromatic heterocycles. The summed E-state index contributed by atoms with van der Waals surface area (Å²) in [4.78, 5) is 19.2. The van der Waals surface area contributed by atoms with E-state index in [0.29, 0.717) is 36.8 Å². The number of rotatable bonds is 5. The Balaban J connectivity index is 1.43. The van der Waals surface area contributed by atoms with E-state index < -0.39 is 0 Å². The second kappa shape index (κ2) is 8.59. The summed E-state index contributed by atoms with van der Waals surface area (Å²) in [5, 5.41) is 4.05. The monoisotopic (exact) mass is 395 g/mol. The van der Waals surface area contributed by atoms with E-state index in [1.54, 1.807) is 6.20 Å². The number of nitrogens with zero attached hydrogens (tertiary/aromatic N) is 2. The summed E-state index contributed by atoms with van der Waals surface area (Å²) in [5.41, 5.74) is 1.96. The summed E-state index contributed by atoms with van der Waals surface area (Å²) < 4.78 is 5.82. The van der Waals surface area contributed by atoms with Gasteiger partial charge in [-0.2, -0.15) is 0 Å². The fourth-order valence-corrected chi connectivity index (χ4v) is 3.81. The molecule has 1 N–H and O–H groups in total. The first-order valence-electron chi connectivity index (χ1n) is 9.47. The van der Waals surface area contributed by atoms with Gasteiger partial charge in [-0.05, 0) is 11.6 Å². The van der Waals surface area contributed by atoms with E-state index in [-0.39, 0.29) is 11.9 Å². The molecule has 1 aliphatic rings. The first-order valence-corrected chi connectivity index (χ1v) is 9.85. The van der Waals surface area contributed by atoms with E-state index in [9.17, 15) is 4.79 Å². The number of aromatic nitrogens is 1. The molecular weight excluding hydrogens is 374 g/mol. The number of hydrogen-bond acceptors (Lipinski definition) is 4. The van der Waals surface area contributed by atoms with Gasteiger partial charge in [0, 0.05) is 43.1 Å². The van der Waals surface area contributed by atoms with Gasteiger partial charge in [0.05, 0.1) is 12.2 Å². The van der Waals surface area contributed by atoms with E-state index in [2.05, 4.69) is 10.3 Å². The molecule has 1 saturated heterocycles. The van der Waals surface area contributed by atoms with Crippen LogP contribution in [-0.4, -0.2) is 35.4 Å². The second-order valence-corrected chi connectivity index (χ2v) is 7.22. The number of amides is 1. The molecule has 6 heteroatoms. The highest BCUT2D eigenvalue weighted by atomic mass is 35.5. The molecule has 0 radical (unpaired) electrons. The minimum Gasteiger partial charge on any atom is -0.441 e. The zero-order valence-corrected chi connectivity index (χ0v) is 16.2. The molecular formula is C22H22ClN3O2. The SMILES string of the molecule is O=C(CCc1ncc(-c2ccccc2)o1)N1CCNCC1c1ccccc1Cl. The lowest BCUT2D eigenvalue weighted by Gasteiger charge is -2.37. The van der Waals surface area contributed by atoms with Gasteiger partial charge in [-0.3, -0.25) is 4.79 Å². The molecule has 1 amide bonds. The predicted octanol–water partition coefficient (Wildman–Crippen LogP) is 4.10. The third-order valence-electron chi connectivity index (χ3n) is 4.99. The number of aryl methyl sites for hydroxylation is 1. The molecule has 1 unspecified atom stereocenters. The van der Waals surface area contributed by atoms with Crippen molar-refractivity contribution in [3.8, 4) is 11.3 Å². The van der Waals surface area contributed by atoms with E-state index in [1.165, 1.54) is 0 Å². The zero-order chi connectivity index (χ0) is 19.3. The van der Waals surface area contributed by atoms with Crippen molar-refractivity contribution in [2.24, 2.45) is 0 Å². The van der Waals surface area contributed by atoms with Gasteiger partial charge in [-0.15, -0.1) is 0 Å². The Morgan fingerprint density at radius 3 is 2.79 bits per heavy atom. The first kappa shape index (κ1) is 18.7. The van der Waals surface area contributed by atoms with Crippen LogP contribution in [0.1, 0.15) is 23.9 Å². The number of piperazine rings is 1. The van der Waals surface area contributed by atoms with Crippen LogP contribution in [0, 0.1) is 0 Å². The number of carbonyl (C=O) groups excluding carboxylic acids is 1. The van der Waals surface area contributed by atoms with Crippen molar-refractivity contribution in [1.29, 1.82) is 0 Å². The summed E-state index contributed by atoms with van der Waals surface area (Å²) in [6, 6.07) is 17.5. The lowest BCUT2D eigenvalue weighted by atomic mass is 10.0. The van der Waals surface area contributed by atoms with Gasteiger partial charge < -0.3 is 14.6 Å². The molecule has 1 aliphatic heterocycles. The zero-order valence-electron chi connectivity index (χ0n) is 15.5. The minimum absolute atomic E-state index is 0.0561. The van der Waals surface area contributed by atoms with Crippen molar-refractivity contribution in [3.63, 3.8) is 0 Å². The Kier molecular flexibility index (Phi) is 5.74. The van der Waals surface area contributed by atoms with Crippen LogP contribution in [-0.2, 0) is 11.2 Å². The highest BCUT2D eigenvalue weighted by Gasteiger charge is 2.29. The number of carbonyl (C=O) groups is 1. The van der Waals surface area contributed by atoms with Crippen LogP contribution in [0.2, 0.25) is 5.02 Å². The molecule has 2 heterocycles. The number of hydrogen-bond donors (Lipinski definition) is 1. The molecule has 0 bridgehead atoms. The largest absolute Gasteiger partial charge is 0.441 e. The van der Waals surface area contributed by atoms with Crippen molar-refractivity contribution in [2.75, 3.05) is 19.6 Å². The number of oxazole rings is 1. The van der Waals surface area contributed by atoms with Crippen molar-refractivity contribution < 1.29 is 9.21 Å². The van der Waals surface area contributed by atoms with Gasteiger partial charge in [-0.1, -0.05) is 60.1 Å². The first-order chi connectivity index (χ1) is 13.7. The van der Waals surface area contributed by atoms with Gasteiger partial charge in [-0.25, -0.2) is 4.98 Å². The van der Waals surface area contributed by atoms with Gasteiger partial charge in [0.1, 0.15) is 0 Å². The quantitative estimate of drug-likeness (QED) is 0.706. The molecule has 3 aromatic rings. The molecule has 0 spiro atoms. The molecule has 1 fully saturated rings. The average molecular weight is 396 g/mol. The van der Waals surface area contributed by atoms with Crippen LogP contribution in [0.5, 0.6) is 0 Å². The third kappa shape index (κ3) is 4.11. The number of nitrogens with one attached hydrogen (secondary N) is 1.